The number of benzene rings is 2. The standard InChI is InChI=1S/C20H16N4O2S2/c25-7-6-21-18-15-10-14(4-5-16(15)22-11-23-18)13-3-1-2-12(8-13)9-17-19(26)24-20(27)28-17/h1-5,8-11,25H,6-7H2,(H,21,22,23)(H,24,26,27)/b17-9-. The van der Waals surface area contributed by atoms with Crippen molar-refractivity contribution < 1.29 is 9.90 Å². The van der Waals surface area contributed by atoms with Gasteiger partial charge in [0.05, 0.1) is 17.0 Å². The maximum atomic E-state index is 11.9. The van der Waals surface area contributed by atoms with Crippen molar-refractivity contribution in [2.45, 2.75) is 0 Å². The number of anilines is 1. The third-order valence-corrected chi connectivity index (χ3v) is 5.36. The number of carbonyl (C=O) groups excluding carboxylic acids is 1. The molecule has 0 aliphatic carbocycles. The normalized spacial score (nSPS) is 15.2. The van der Waals surface area contributed by atoms with E-state index in [9.17, 15) is 4.79 Å². The molecule has 1 aliphatic rings. The number of aliphatic hydroxyl groups is 1. The van der Waals surface area contributed by atoms with Gasteiger partial charge in [-0.3, -0.25) is 4.79 Å². The molecule has 28 heavy (non-hydrogen) atoms. The van der Waals surface area contributed by atoms with E-state index in [2.05, 4.69) is 20.6 Å². The van der Waals surface area contributed by atoms with Crippen LogP contribution < -0.4 is 10.6 Å². The van der Waals surface area contributed by atoms with Crippen LogP contribution in [0.5, 0.6) is 0 Å². The van der Waals surface area contributed by atoms with Gasteiger partial charge in [-0.25, -0.2) is 9.97 Å². The second-order valence-electron chi connectivity index (χ2n) is 6.08. The number of carbonyl (C=O) groups is 1. The Bertz CT molecular complexity index is 1110. The Hall–Kier alpha value is -2.81. The largest absolute Gasteiger partial charge is 0.395 e. The molecule has 1 amide bonds. The molecule has 4 rings (SSSR count). The van der Waals surface area contributed by atoms with Crippen molar-refractivity contribution in [3.05, 3.63) is 59.3 Å². The van der Waals surface area contributed by atoms with Gasteiger partial charge in [-0.15, -0.1) is 0 Å². The Kier molecular flexibility index (Phi) is 5.34. The fraction of sp³-hybridized carbons (Fsp3) is 0.100. The summed E-state index contributed by atoms with van der Waals surface area (Å²) in [5.74, 6) is 0.523. The van der Waals surface area contributed by atoms with Crippen LogP contribution in [0.1, 0.15) is 5.56 Å². The van der Waals surface area contributed by atoms with Crippen LogP contribution in [-0.2, 0) is 4.79 Å². The molecule has 2 heterocycles. The number of nitrogens with zero attached hydrogens (tertiary/aromatic N) is 2. The van der Waals surface area contributed by atoms with Crippen molar-refractivity contribution in [2.75, 3.05) is 18.5 Å². The predicted octanol–water partition coefficient (Wildman–Crippen LogP) is 3.19. The topological polar surface area (TPSA) is 87.1 Å². The van der Waals surface area contributed by atoms with Crippen LogP contribution >= 0.6 is 24.0 Å². The second kappa shape index (κ2) is 8.05. The Morgan fingerprint density at radius 2 is 2.04 bits per heavy atom. The van der Waals surface area contributed by atoms with Crippen LogP contribution in [-0.4, -0.2) is 38.5 Å². The summed E-state index contributed by atoms with van der Waals surface area (Å²) in [5, 5.41) is 15.7. The van der Waals surface area contributed by atoms with E-state index >= 15 is 0 Å². The second-order valence-corrected chi connectivity index (χ2v) is 7.80. The van der Waals surface area contributed by atoms with Crippen LogP contribution in [0.3, 0.4) is 0 Å². The van der Waals surface area contributed by atoms with Gasteiger partial charge in [0.15, 0.2) is 0 Å². The highest BCUT2D eigenvalue weighted by Gasteiger charge is 2.21. The van der Waals surface area contributed by atoms with Gasteiger partial charge in [-0.2, -0.15) is 0 Å². The first kappa shape index (κ1) is 18.5. The first-order chi connectivity index (χ1) is 13.6. The van der Waals surface area contributed by atoms with Crippen LogP contribution in [0, 0.1) is 0 Å². The van der Waals surface area contributed by atoms with Gasteiger partial charge in [0.1, 0.15) is 16.5 Å². The monoisotopic (exact) mass is 408 g/mol. The fourth-order valence-electron chi connectivity index (χ4n) is 2.93. The maximum Gasteiger partial charge on any atom is 0.263 e. The number of aliphatic hydroxyl groups excluding tert-OH is 1. The van der Waals surface area contributed by atoms with E-state index in [0.717, 1.165) is 27.6 Å². The number of hydrogen-bond donors (Lipinski definition) is 3. The molecule has 6 nitrogen and oxygen atoms in total. The third kappa shape index (κ3) is 3.89. The number of nitrogens with one attached hydrogen (secondary N) is 2. The molecule has 3 aromatic rings. The van der Waals surface area contributed by atoms with E-state index in [0.29, 0.717) is 21.6 Å². The zero-order valence-electron chi connectivity index (χ0n) is 14.7. The highest BCUT2D eigenvalue weighted by molar-refractivity contribution is 8.26. The van der Waals surface area contributed by atoms with E-state index in [1.54, 1.807) is 0 Å². The molecule has 1 saturated heterocycles. The minimum absolute atomic E-state index is 0.0247. The highest BCUT2D eigenvalue weighted by atomic mass is 32.2. The lowest BCUT2D eigenvalue weighted by atomic mass is 10.0. The number of hydrogen-bond acceptors (Lipinski definition) is 7. The van der Waals surface area contributed by atoms with E-state index < -0.39 is 0 Å². The van der Waals surface area contributed by atoms with Gasteiger partial charge < -0.3 is 15.7 Å². The molecule has 140 valence electrons. The number of amides is 1. The Labute approximate surface area is 171 Å². The van der Waals surface area contributed by atoms with Crippen molar-refractivity contribution >= 4 is 57.0 Å². The molecular formula is C20H16N4O2S2. The average molecular weight is 409 g/mol. The van der Waals surface area contributed by atoms with Gasteiger partial charge in [0.2, 0.25) is 0 Å². The molecule has 0 atom stereocenters. The smallest absolute Gasteiger partial charge is 0.263 e. The summed E-state index contributed by atoms with van der Waals surface area (Å²) < 4.78 is 0.477. The highest BCUT2D eigenvalue weighted by Crippen LogP contribution is 2.30. The minimum Gasteiger partial charge on any atom is -0.395 e. The molecule has 0 spiro atoms. The molecule has 0 bridgehead atoms. The van der Waals surface area contributed by atoms with E-state index in [4.69, 9.17) is 17.3 Å². The summed E-state index contributed by atoms with van der Waals surface area (Å²) in [6.07, 6.45) is 3.34. The summed E-state index contributed by atoms with van der Waals surface area (Å²) in [4.78, 5) is 21.1. The third-order valence-electron chi connectivity index (χ3n) is 4.20. The first-order valence-electron chi connectivity index (χ1n) is 8.59. The summed E-state index contributed by atoms with van der Waals surface area (Å²) in [5.41, 5.74) is 3.76. The molecule has 1 aliphatic heterocycles. The molecule has 8 heteroatoms. The quantitative estimate of drug-likeness (QED) is 0.441. The number of thiocarbonyl (C=S) groups is 1. The molecule has 0 unspecified atom stereocenters. The Morgan fingerprint density at radius 3 is 2.82 bits per heavy atom. The van der Waals surface area contributed by atoms with Gasteiger partial charge in [-0.1, -0.05) is 48.2 Å². The maximum absolute atomic E-state index is 11.9. The molecule has 3 N–H and O–H groups in total. The van der Waals surface area contributed by atoms with Gasteiger partial charge in [0, 0.05) is 11.9 Å². The van der Waals surface area contributed by atoms with Gasteiger partial charge >= 0.3 is 0 Å². The SMILES string of the molecule is O=C1NC(=S)S/C1=C\c1cccc(-c2ccc3ncnc(NCCO)c3c2)c1. The lowest BCUT2D eigenvalue weighted by molar-refractivity contribution is -0.115. The molecule has 0 saturated carbocycles. The van der Waals surface area contributed by atoms with Crippen molar-refractivity contribution in [1.82, 2.24) is 15.3 Å². The van der Waals surface area contributed by atoms with Crippen molar-refractivity contribution in [3.8, 4) is 11.1 Å². The average Bonchev–Trinajstić information content (AvgIpc) is 3.02. The van der Waals surface area contributed by atoms with E-state index in [1.807, 2.05) is 48.5 Å². The molecular weight excluding hydrogens is 392 g/mol. The lowest BCUT2D eigenvalue weighted by Gasteiger charge is -2.09. The predicted molar refractivity (Wildman–Crippen MR) is 117 cm³/mol. The minimum atomic E-state index is -0.164. The van der Waals surface area contributed by atoms with Crippen LogP contribution in [0.4, 0.5) is 5.82 Å². The number of fused-ring (bicyclic) bond motifs is 1. The Balaban J connectivity index is 1.71. The summed E-state index contributed by atoms with van der Waals surface area (Å²) in [6.45, 7) is 0.442. The first-order valence-corrected chi connectivity index (χ1v) is 9.81. The van der Waals surface area contributed by atoms with E-state index in [1.165, 1.54) is 18.1 Å². The van der Waals surface area contributed by atoms with Crippen molar-refractivity contribution in [1.29, 1.82) is 0 Å². The molecule has 2 aromatic carbocycles. The molecule has 0 radical (unpaired) electrons. The molecule has 1 fully saturated rings. The van der Waals surface area contributed by atoms with Crippen molar-refractivity contribution in [3.63, 3.8) is 0 Å². The molecule has 1 aromatic heterocycles. The number of rotatable bonds is 5. The number of thioether (sulfide) groups is 1. The van der Waals surface area contributed by atoms with Crippen molar-refractivity contribution in [2.24, 2.45) is 0 Å². The zero-order chi connectivity index (χ0) is 19.5. The summed E-state index contributed by atoms with van der Waals surface area (Å²) in [7, 11) is 0. The number of aromatic nitrogens is 2. The van der Waals surface area contributed by atoms with Crippen LogP contribution in [0.25, 0.3) is 28.1 Å². The lowest BCUT2D eigenvalue weighted by Crippen LogP contribution is -2.17. The summed E-state index contributed by atoms with van der Waals surface area (Å²) >= 11 is 6.30. The van der Waals surface area contributed by atoms with Gasteiger partial charge in [-0.05, 0) is 41.0 Å². The Morgan fingerprint density at radius 1 is 1.18 bits per heavy atom. The van der Waals surface area contributed by atoms with Gasteiger partial charge in [0.25, 0.3) is 5.91 Å². The zero-order valence-corrected chi connectivity index (χ0v) is 16.3. The summed E-state index contributed by atoms with van der Waals surface area (Å²) in [6, 6.07) is 13.9. The fourth-order valence-corrected chi connectivity index (χ4v) is 3.98. The van der Waals surface area contributed by atoms with Crippen LogP contribution in [0.15, 0.2) is 53.7 Å². The van der Waals surface area contributed by atoms with E-state index in [-0.39, 0.29) is 12.5 Å². The van der Waals surface area contributed by atoms with Crippen LogP contribution in [0.2, 0.25) is 0 Å².